The van der Waals surface area contributed by atoms with Gasteiger partial charge in [-0.05, 0) is 92.6 Å². The minimum Gasteiger partial charge on any atom is -0.316 e. The average Bonchev–Trinajstić information content (AvgIpc) is 3.86. The molecule has 0 aromatic heterocycles. The molecule has 0 spiro atoms. The maximum Gasteiger partial charge on any atom is 0.248 e. The second-order valence-electron chi connectivity index (χ2n) is 24.1. The topological polar surface area (TPSA) is 9.72 Å². The van der Waals surface area contributed by atoms with Crippen molar-refractivity contribution in [3.63, 3.8) is 0 Å². The van der Waals surface area contributed by atoms with Crippen molar-refractivity contribution in [3.8, 4) is 0 Å². The number of nitrogens with zero attached hydrogens (tertiary/aromatic N) is 3. The third-order valence-corrected chi connectivity index (χ3v) is 19.8. The molecule has 6 aliphatic heterocycles. The molecule has 6 heterocycles. The van der Waals surface area contributed by atoms with Gasteiger partial charge in [0.1, 0.15) is 0 Å². The molecule has 12 aliphatic rings. The van der Waals surface area contributed by atoms with Crippen molar-refractivity contribution in [1.82, 2.24) is 0 Å². The van der Waals surface area contributed by atoms with Crippen molar-refractivity contribution < 1.29 is 0 Å². The van der Waals surface area contributed by atoms with Gasteiger partial charge in [0.05, 0.1) is 0 Å². The quantitative estimate of drug-likeness (QED) is 0.243. The van der Waals surface area contributed by atoms with Crippen molar-refractivity contribution >= 4 is 53.6 Å². The van der Waals surface area contributed by atoms with Crippen molar-refractivity contribution in [2.45, 2.75) is 125 Å². The molecule has 0 atom stereocenters. The molecule has 300 valence electrons. The fraction of sp³-hybridized carbons (Fsp3) is 0.444. The van der Waals surface area contributed by atoms with Crippen LogP contribution in [0.5, 0.6) is 0 Å². The van der Waals surface area contributed by atoms with Gasteiger partial charge in [-0.25, -0.2) is 0 Å². The average molecular weight is 784 g/mol. The Bertz CT molecular complexity index is 2450. The van der Waals surface area contributed by atoms with E-state index >= 15 is 0 Å². The minimum absolute atomic E-state index is 0.0966. The number of hydrogen-bond donors (Lipinski definition) is 0. The summed E-state index contributed by atoms with van der Waals surface area (Å²) < 4.78 is 0. The Morgan fingerprint density at radius 3 is 0.767 bits per heavy atom. The maximum absolute atomic E-state index is 2.89. The summed E-state index contributed by atoms with van der Waals surface area (Å²) in [4.78, 5) is 8.67. The molecule has 0 bridgehead atoms. The van der Waals surface area contributed by atoms with Gasteiger partial charge < -0.3 is 14.7 Å². The Morgan fingerprint density at radius 2 is 0.533 bits per heavy atom. The monoisotopic (exact) mass is 784 g/mol. The lowest BCUT2D eigenvalue weighted by molar-refractivity contribution is 0.527. The molecule has 0 amide bonds. The largest absolute Gasteiger partial charge is 0.316 e. The molecule has 0 fully saturated rings. The molecule has 0 N–H and O–H groups in total. The van der Waals surface area contributed by atoms with E-state index in [0.29, 0.717) is 0 Å². The van der Waals surface area contributed by atoms with Gasteiger partial charge >= 0.3 is 0 Å². The van der Waals surface area contributed by atoms with Gasteiger partial charge in [-0.1, -0.05) is 151 Å². The summed E-state index contributed by atoms with van der Waals surface area (Å²) in [5.74, 6) is 0. The molecule has 6 heteroatoms. The molecule has 0 saturated carbocycles. The Hall–Kier alpha value is -4.31. The molecule has 1 aromatic carbocycles. The fourth-order valence-electron chi connectivity index (χ4n) is 14.8. The van der Waals surface area contributed by atoms with Gasteiger partial charge in [-0.15, -0.1) is 0 Å². The van der Waals surface area contributed by atoms with Crippen LogP contribution in [-0.4, -0.2) is 20.1 Å². The molecule has 6 aliphatic carbocycles. The van der Waals surface area contributed by atoms with Crippen LogP contribution in [0.25, 0.3) is 0 Å². The molecular weight excluding hydrogens is 723 g/mol. The van der Waals surface area contributed by atoms with Crippen LogP contribution in [0, 0.1) is 32.5 Å². The predicted octanol–water partition coefficient (Wildman–Crippen LogP) is 11.0. The number of allylic oxidation sites excluding steroid dienone is 18. The zero-order valence-corrected chi connectivity index (χ0v) is 39.5. The SMILES string of the molecule is CC1=CC2=C(B3C4=C(N5C6=C(B7C8=C(N9C%10=C(B%11C%12=C(N2c2c%11c9c7c5c23)C(C)(C)C(C)=C%12)C(C)(C)C(C)=C%10)C(C)(C)C(C)=C8)C(C)(C)C(C)=C6)C(C)(C)C(C)=C4)C1(C)C. The molecule has 0 unspecified atom stereocenters. The van der Waals surface area contributed by atoms with Crippen LogP contribution in [-0.2, 0) is 0 Å². The van der Waals surface area contributed by atoms with E-state index in [0.717, 1.165) is 0 Å². The van der Waals surface area contributed by atoms with Crippen molar-refractivity contribution in [2.75, 3.05) is 14.7 Å². The highest BCUT2D eigenvalue weighted by molar-refractivity contribution is 6.99. The van der Waals surface area contributed by atoms with Crippen LogP contribution < -0.4 is 31.1 Å². The first-order valence-electron chi connectivity index (χ1n) is 23.1. The van der Waals surface area contributed by atoms with E-state index in [-0.39, 0.29) is 52.6 Å². The molecule has 60 heavy (non-hydrogen) atoms. The highest BCUT2D eigenvalue weighted by Crippen LogP contribution is 2.67. The summed E-state index contributed by atoms with van der Waals surface area (Å²) in [5, 5.41) is 0. The third-order valence-electron chi connectivity index (χ3n) is 19.8. The molecule has 0 radical (unpaired) electrons. The predicted molar refractivity (Wildman–Crippen MR) is 257 cm³/mol. The Balaban J connectivity index is 1.31. The summed E-state index contributed by atoms with van der Waals surface area (Å²) in [5.41, 5.74) is 35.7. The van der Waals surface area contributed by atoms with Crippen LogP contribution >= 0.6 is 0 Å². The van der Waals surface area contributed by atoms with Crippen molar-refractivity contribution in [2.24, 2.45) is 32.5 Å². The minimum atomic E-state index is -0.127. The van der Waals surface area contributed by atoms with E-state index in [2.05, 4.69) is 176 Å². The zero-order valence-electron chi connectivity index (χ0n) is 39.5. The molecule has 13 rings (SSSR count). The summed E-state index contributed by atoms with van der Waals surface area (Å²) >= 11 is 0. The van der Waals surface area contributed by atoms with E-state index in [9.17, 15) is 0 Å². The lowest BCUT2D eigenvalue weighted by Gasteiger charge is -2.58. The zero-order chi connectivity index (χ0) is 42.6. The van der Waals surface area contributed by atoms with E-state index in [4.69, 9.17) is 0 Å². The smallest absolute Gasteiger partial charge is 0.248 e. The second-order valence-corrected chi connectivity index (χ2v) is 24.1. The summed E-state index contributed by atoms with van der Waals surface area (Å²) in [6, 6.07) is 0. The number of rotatable bonds is 0. The van der Waals surface area contributed by atoms with Crippen LogP contribution in [0.1, 0.15) is 125 Å². The van der Waals surface area contributed by atoms with E-state index < -0.39 is 0 Å². The fourth-order valence-corrected chi connectivity index (χ4v) is 14.8. The second kappa shape index (κ2) is 9.67. The van der Waals surface area contributed by atoms with Gasteiger partial charge in [-0.3, -0.25) is 0 Å². The Morgan fingerprint density at radius 1 is 0.317 bits per heavy atom. The summed E-state index contributed by atoms with van der Waals surface area (Å²) in [6.07, 6.45) is 15.8. The van der Waals surface area contributed by atoms with Crippen molar-refractivity contribution in [3.05, 3.63) is 137 Å². The number of hydrogen-bond acceptors (Lipinski definition) is 3. The standard InChI is InChI=1S/C54H60B3N3/c1-25-19-31-46(52(25,13)14)58-34-22-28(4)50(9,10)44(34)56-32-20-26(2)54(17,18)48(32)60-36-24-30(6)51(11,12)45(36)57-33-21-27(3)53(15,16)47(33)59-35-23-29(5)49(7,8)43(35)55(31)37-40(58)38(56)42(60)39(57)41(37)59/h19-24H,1-18H3. The van der Waals surface area contributed by atoms with Gasteiger partial charge in [-0.2, -0.15) is 0 Å². The molecule has 0 saturated heterocycles. The third kappa shape index (κ3) is 3.33. The van der Waals surface area contributed by atoms with Gasteiger partial charge in [0.2, 0.25) is 20.1 Å². The molecular formula is C54H60B3N3. The lowest BCUT2D eigenvalue weighted by atomic mass is 9.22. The highest BCUT2D eigenvalue weighted by atomic mass is 15.3. The van der Waals surface area contributed by atoms with E-state index in [1.807, 2.05) is 0 Å². The van der Waals surface area contributed by atoms with Gasteiger partial charge in [0, 0.05) is 83.7 Å². The van der Waals surface area contributed by atoms with Crippen molar-refractivity contribution in [1.29, 1.82) is 0 Å². The molecule has 1 aromatic rings. The van der Waals surface area contributed by atoms with Crippen LogP contribution in [0.3, 0.4) is 0 Å². The van der Waals surface area contributed by atoms with E-state index in [1.54, 1.807) is 32.8 Å². The van der Waals surface area contributed by atoms with E-state index in [1.165, 1.54) is 101 Å². The summed E-state index contributed by atoms with van der Waals surface area (Å²) in [6.45, 7) is 45.3. The Labute approximate surface area is 360 Å². The maximum atomic E-state index is 2.89. The number of anilines is 3. The normalized spacial score (nSPS) is 28.3. The first-order chi connectivity index (χ1) is 27.8. The highest BCUT2D eigenvalue weighted by Gasteiger charge is 2.66. The number of benzene rings is 1. The van der Waals surface area contributed by atoms with Crippen LogP contribution in [0.2, 0.25) is 0 Å². The first kappa shape index (κ1) is 36.4. The first-order valence-corrected chi connectivity index (χ1v) is 23.1. The van der Waals surface area contributed by atoms with Gasteiger partial charge in [0.15, 0.2) is 0 Å². The van der Waals surface area contributed by atoms with Crippen LogP contribution in [0.15, 0.2) is 137 Å². The summed E-state index contributed by atoms with van der Waals surface area (Å²) in [7, 11) is 0. The number of fused-ring (bicyclic) bond motifs is 12. The van der Waals surface area contributed by atoms with Crippen LogP contribution in [0.4, 0.5) is 17.1 Å². The Kier molecular flexibility index (Phi) is 5.86. The lowest BCUT2D eigenvalue weighted by Crippen LogP contribution is -2.68. The molecule has 3 nitrogen and oxygen atoms in total. The van der Waals surface area contributed by atoms with Gasteiger partial charge in [0.25, 0.3) is 0 Å².